The van der Waals surface area contributed by atoms with Gasteiger partial charge in [0.2, 0.25) is 0 Å². The van der Waals surface area contributed by atoms with Gasteiger partial charge in [0.05, 0.1) is 18.9 Å². The highest BCUT2D eigenvalue weighted by atomic mass is 32.1. The number of aromatic nitrogens is 2. The molecule has 1 N–H and O–H groups in total. The van der Waals surface area contributed by atoms with E-state index in [2.05, 4.69) is 15.3 Å². The molecule has 0 atom stereocenters. The molecule has 0 unspecified atom stereocenters. The van der Waals surface area contributed by atoms with Crippen molar-refractivity contribution in [3.05, 3.63) is 34.5 Å². The number of pyridine rings is 1. The van der Waals surface area contributed by atoms with E-state index in [4.69, 9.17) is 4.74 Å². The first-order valence-electron chi connectivity index (χ1n) is 7.17. The highest BCUT2D eigenvalue weighted by Gasteiger charge is 2.23. The van der Waals surface area contributed by atoms with Gasteiger partial charge >= 0.3 is 0 Å². The van der Waals surface area contributed by atoms with E-state index in [1.54, 1.807) is 6.20 Å². The normalized spacial score (nSPS) is 14.9. The Morgan fingerprint density at radius 1 is 1.36 bits per heavy atom. The summed E-state index contributed by atoms with van der Waals surface area (Å²) in [6.07, 6.45) is 1.75. The number of nitrogens with one attached hydrogen (secondary N) is 1. The van der Waals surface area contributed by atoms with Gasteiger partial charge in [0.25, 0.3) is 5.91 Å². The van der Waals surface area contributed by atoms with Crippen LogP contribution in [0, 0.1) is 13.8 Å². The van der Waals surface area contributed by atoms with Crippen LogP contribution in [-0.2, 0) is 4.74 Å². The summed E-state index contributed by atoms with van der Waals surface area (Å²) in [4.78, 5) is 23.7. The van der Waals surface area contributed by atoms with Crippen LogP contribution in [0.5, 0.6) is 0 Å². The minimum atomic E-state index is 0.0311. The molecule has 6 nitrogen and oxygen atoms in total. The lowest BCUT2D eigenvalue weighted by atomic mass is 10.3. The zero-order valence-electron chi connectivity index (χ0n) is 12.6. The van der Waals surface area contributed by atoms with E-state index in [1.807, 2.05) is 30.9 Å². The van der Waals surface area contributed by atoms with E-state index < -0.39 is 0 Å². The highest BCUT2D eigenvalue weighted by molar-refractivity contribution is 7.17. The number of morpholine rings is 1. The Kier molecular flexibility index (Phi) is 4.35. The molecule has 3 rings (SSSR count). The minimum absolute atomic E-state index is 0.0311. The lowest BCUT2D eigenvalue weighted by Gasteiger charge is -2.26. The van der Waals surface area contributed by atoms with Gasteiger partial charge in [0, 0.05) is 19.3 Å². The SMILES string of the molecule is Cc1ccnc(Nc2nc(C)c(C(=O)N3CCOCC3)s2)c1. The molecular weight excluding hydrogens is 300 g/mol. The van der Waals surface area contributed by atoms with Gasteiger partial charge < -0.3 is 15.0 Å². The average molecular weight is 318 g/mol. The monoisotopic (exact) mass is 318 g/mol. The number of thiazole rings is 1. The summed E-state index contributed by atoms with van der Waals surface area (Å²) in [5.41, 5.74) is 1.87. The van der Waals surface area contributed by atoms with E-state index in [-0.39, 0.29) is 5.91 Å². The van der Waals surface area contributed by atoms with Crippen LogP contribution in [-0.4, -0.2) is 47.1 Å². The summed E-state index contributed by atoms with van der Waals surface area (Å²) in [5.74, 6) is 0.766. The molecule has 1 aliphatic rings. The second-order valence-corrected chi connectivity index (χ2v) is 6.18. The van der Waals surface area contributed by atoms with Gasteiger partial charge in [0.15, 0.2) is 5.13 Å². The van der Waals surface area contributed by atoms with Crippen molar-refractivity contribution in [1.29, 1.82) is 0 Å². The quantitative estimate of drug-likeness (QED) is 0.941. The first-order chi connectivity index (χ1) is 10.6. The molecule has 0 bridgehead atoms. The Labute approximate surface area is 133 Å². The molecule has 2 aromatic heterocycles. The number of hydrogen-bond acceptors (Lipinski definition) is 6. The molecule has 0 aromatic carbocycles. The summed E-state index contributed by atoms with van der Waals surface area (Å²) in [5, 5.41) is 3.85. The maximum atomic E-state index is 12.5. The van der Waals surface area contributed by atoms with E-state index in [9.17, 15) is 4.79 Å². The lowest BCUT2D eigenvalue weighted by Crippen LogP contribution is -2.40. The minimum Gasteiger partial charge on any atom is -0.378 e. The smallest absolute Gasteiger partial charge is 0.266 e. The number of hydrogen-bond donors (Lipinski definition) is 1. The fourth-order valence-electron chi connectivity index (χ4n) is 2.27. The van der Waals surface area contributed by atoms with E-state index >= 15 is 0 Å². The summed E-state index contributed by atoms with van der Waals surface area (Å²) in [6, 6.07) is 3.88. The molecule has 116 valence electrons. The van der Waals surface area contributed by atoms with Gasteiger partial charge in [-0.1, -0.05) is 11.3 Å². The summed E-state index contributed by atoms with van der Waals surface area (Å²) in [7, 11) is 0. The van der Waals surface area contributed by atoms with Crippen LogP contribution in [0.4, 0.5) is 10.9 Å². The zero-order valence-corrected chi connectivity index (χ0v) is 13.4. The Hall–Kier alpha value is -1.99. The van der Waals surface area contributed by atoms with Gasteiger partial charge in [-0.25, -0.2) is 9.97 Å². The second-order valence-electron chi connectivity index (χ2n) is 5.18. The zero-order chi connectivity index (χ0) is 15.5. The lowest BCUT2D eigenvalue weighted by molar-refractivity contribution is 0.0305. The molecule has 7 heteroatoms. The van der Waals surface area contributed by atoms with Crippen molar-refractivity contribution < 1.29 is 9.53 Å². The van der Waals surface area contributed by atoms with Gasteiger partial charge in [-0.3, -0.25) is 4.79 Å². The van der Waals surface area contributed by atoms with Gasteiger partial charge in [-0.15, -0.1) is 0 Å². The number of carbonyl (C=O) groups excluding carboxylic acids is 1. The van der Waals surface area contributed by atoms with Crippen molar-refractivity contribution in [2.24, 2.45) is 0 Å². The predicted octanol–water partition coefficient (Wildman–Crippen LogP) is 2.37. The van der Waals surface area contributed by atoms with Crippen molar-refractivity contribution in [2.75, 3.05) is 31.6 Å². The van der Waals surface area contributed by atoms with Gasteiger partial charge in [-0.2, -0.15) is 0 Å². The largest absolute Gasteiger partial charge is 0.378 e. The van der Waals surface area contributed by atoms with Crippen molar-refractivity contribution in [3.63, 3.8) is 0 Å². The predicted molar refractivity (Wildman–Crippen MR) is 85.8 cm³/mol. The fraction of sp³-hybridized carbons (Fsp3) is 0.400. The van der Waals surface area contributed by atoms with Crippen molar-refractivity contribution >= 4 is 28.2 Å². The molecule has 1 amide bonds. The number of aryl methyl sites for hydroxylation is 2. The van der Waals surface area contributed by atoms with Crippen molar-refractivity contribution in [3.8, 4) is 0 Å². The number of nitrogens with zero attached hydrogens (tertiary/aromatic N) is 3. The molecule has 1 aliphatic heterocycles. The van der Waals surface area contributed by atoms with E-state index in [0.717, 1.165) is 17.1 Å². The van der Waals surface area contributed by atoms with Crippen LogP contribution >= 0.6 is 11.3 Å². The maximum absolute atomic E-state index is 12.5. The topological polar surface area (TPSA) is 67.4 Å². The number of anilines is 2. The third-order valence-corrected chi connectivity index (χ3v) is 4.50. The van der Waals surface area contributed by atoms with Gasteiger partial charge in [-0.05, 0) is 31.5 Å². The molecule has 0 radical (unpaired) electrons. The van der Waals surface area contributed by atoms with Crippen LogP contribution in [0.1, 0.15) is 20.9 Å². The molecule has 0 aliphatic carbocycles. The Bertz CT molecular complexity index is 680. The molecule has 3 heterocycles. The summed E-state index contributed by atoms with van der Waals surface area (Å²) >= 11 is 1.37. The third-order valence-electron chi connectivity index (χ3n) is 3.44. The Morgan fingerprint density at radius 3 is 2.86 bits per heavy atom. The van der Waals surface area contributed by atoms with Crippen LogP contribution in [0.2, 0.25) is 0 Å². The first-order valence-corrected chi connectivity index (χ1v) is 7.99. The van der Waals surface area contributed by atoms with E-state index in [1.165, 1.54) is 11.3 Å². The van der Waals surface area contributed by atoms with Crippen LogP contribution in [0.15, 0.2) is 18.3 Å². The molecule has 0 saturated carbocycles. The van der Waals surface area contributed by atoms with Crippen LogP contribution < -0.4 is 5.32 Å². The maximum Gasteiger partial charge on any atom is 0.266 e. The first kappa shape index (κ1) is 14.9. The second kappa shape index (κ2) is 6.41. The number of rotatable bonds is 3. The van der Waals surface area contributed by atoms with Crippen molar-refractivity contribution in [2.45, 2.75) is 13.8 Å². The number of amides is 1. The average Bonchev–Trinajstić information content (AvgIpc) is 2.88. The number of carbonyl (C=O) groups is 1. The number of ether oxygens (including phenoxy) is 1. The van der Waals surface area contributed by atoms with E-state index in [0.29, 0.717) is 36.3 Å². The molecule has 22 heavy (non-hydrogen) atoms. The van der Waals surface area contributed by atoms with Crippen LogP contribution in [0.3, 0.4) is 0 Å². The Morgan fingerprint density at radius 2 is 2.14 bits per heavy atom. The fourth-order valence-corrected chi connectivity index (χ4v) is 3.21. The summed E-state index contributed by atoms with van der Waals surface area (Å²) in [6.45, 7) is 6.34. The molecule has 2 aromatic rings. The van der Waals surface area contributed by atoms with Crippen LogP contribution in [0.25, 0.3) is 0 Å². The van der Waals surface area contributed by atoms with Crippen molar-refractivity contribution in [1.82, 2.24) is 14.9 Å². The molecule has 1 fully saturated rings. The summed E-state index contributed by atoms with van der Waals surface area (Å²) < 4.78 is 5.28. The standard InChI is InChI=1S/C15H18N4O2S/c1-10-3-4-16-12(9-10)18-15-17-11(2)13(22-15)14(20)19-5-7-21-8-6-19/h3-4,9H,5-8H2,1-2H3,(H,16,17,18). The Balaban J connectivity index is 1.77. The molecular formula is C15H18N4O2S. The van der Waals surface area contributed by atoms with Gasteiger partial charge in [0.1, 0.15) is 10.7 Å². The molecule has 0 spiro atoms. The third kappa shape index (κ3) is 3.26. The molecule has 1 saturated heterocycles. The highest BCUT2D eigenvalue weighted by Crippen LogP contribution is 2.26.